The van der Waals surface area contributed by atoms with Crippen molar-refractivity contribution in [1.29, 1.82) is 5.41 Å². The summed E-state index contributed by atoms with van der Waals surface area (Å²) in [5.74, 6) is -1.54. The zero-order chi connectivity index (χ0) is 21.0. The first-order chi connectivity index (χ1) is 13.9. The predicted octanol–water partition coefficient (Wildman–Crippen LogP) is 4.73. The zero-order valence-electron chi connectivity index (χ0n) is 14.9. The third-order valence-electron chi connectivity index (χ3n) is 4.01. The summed E-state index contributed by atoms with van der Waals surface area (Å²) in [7, 11) is 0. The Bertz CT molecular complexity index is 1070. The molecule has 6 nitrogen and oxygen atoms in total. The standard InChI is InChI=1S/C20H16F3N5O/c21-17-7-6-15(20(29)27-13-3-1-2-11(8-13)18(22)23)19(28-17)26-14-5-4-12(10-24)16(25)9-14/h1-10,18,24H,25H2,(H,26,28)(H,27,29). The first-order valence-electron chi connectivity index (χ1n) is 8.40. The molecule has 0 unspecified atom stereocenters. The van der Waals surface area contributed by atoms with Crippen molar-refractivity contribution >= 4 is 35.0 Å². The van der Waals surface area contributed by atoms with Crippen molar-refractivity contribution in [3.63, 3.8) is 0 Å². The average molecular weight is 399 g/mol. The Hall–Kier alpha value is -3.88. The smallest absolute Gasteiger partial charge is 0.263 e. The molecule has 0 radical (unpaired) electrons. The molecule has 1 aromatic heterocycles. The Morgan fingerprint density at radius 1 is 1.10 bits per heavy atom. The van der Waals surface area contributed by atoms with Gasteiger partial charge >= 0.3 is 0 Å². The van der Waals surface area contributed by atoms with Crippen LogP contribution in [-0.4, -0.2) is 17.1 Å². The number of amides is 1. The number of aromatic nitrogens is 1. The molecule has 2 aromatic carbocycles. The molecular weight excluding hydrogens is 383 g/mol. The number of pyridine rings is 1. The number of hydrogen-bond donors (Lipinski definition) is 4. The molecule has 0 spiro atoms. The zero-order valence-corrected chi connectivity index (χ0v) is 14.9. The van der Waals surface area contributed by atoms with Crippen molar-refractivity contribution in [2.45, 2.75) is 6.43 Å². The second-order valence-electron chi connectivity index (χ2n) is 6.02. The van der Waals surface area contributed by atoms with E-state index in [1.54, 1.807) is 12.1 Å². The van der Waals surface area contributed by atoms with Gasteiger partial charge in [-0.05, 0) is 42.5 Å². The Balaban J connectivity index is 1.88. The average Bonchev–Trinajstić information content (AvgIpc) is 2.68. The summed E-state index contributed by atoms with van der Waals surface area (Å²) < 4.78 is 39.4. The lowest BCUT2D eigenvalue weighted by Gasteiger charge is -2.13. The summed E-state index contributed by atoms with van der Waals surface area (Å²) in [6, 6.07) is 12.2. The summed E-state index contributed by atoms with van der Waals surface area (Å²) in [5, 5.41) is 12.6. The third-order valence-corrected chi connectivity index (χ3v) is 4.01. The second kappa shape index (κ2) is 8.42. The van der Waals surface area contributed by atoms with E-state index in [0.29, 0.717) is 16.9 Å². The summed E-state index contributed by atoms with van der Waals surface area (Å²) in [4.78, 5) is 16.3. The Morgan fingerprint density at radius 2 is 1.90 bits per heavy atom. The molecule has 3 rings (SSSR count). The van der Waals surface area contributed by atoms with Gasteiger partial charge in [0.25, 0.3) is 12.3 Å². The maximum absolute atomic E-state index is 13.7. The molecule has 29 heavy (non-hydrogen) atoms. The van der Waals surface area contributed by atoms with E-state index in [2.05, 4.69) is 15.6 Å². The number of nitrogens with one attached hydrogen (secondary N) is 3. The molecule has 0 aliphatic heterocycles. The molecule has 3 aromatic rings. The number of anilines is 4. The van der Waals surface area contributed by atoms with Crippen LogP contribution in [-0.2, 0) is 0 Å². The van der Waals surface area contributed by atoms with E-state index in [1.807, 2.05) is 0 Å². The molecule has 0 saturated carbocycles. The molecule has 1 amide bonds. The topological polar surface area (TPSA) is 104 Å². The lowest BCUT2D eigenvalue weighted by molar-refractivity contribution is 0.102. The maximum Gasteiger partial charge on any atom is 0.263 e. The van der Waals surface area contributed by atoms with E-state index in [4.69, 9.17) is 11.1 Å². The van der Waals surface area contributed by atoms with E-state index >= 15 is 0 Å². The number of rotatable bonds is 6. The molecule has 0 aliphatic rings. The number of hydrogen-bond acceptors (Lipinski definition) is 5. The molecule has 1 heterocycles. The Labute approximate surface area is 164 Å². The fraction of sp³-hybridized carbons (Fsp3) is 0.0500. The third kappa shape index (κ3) is 4.70. The van der Waals surface area contributed by atoms with Crippen LogP contribution in [0.4, 0.5) is 36.1 Å². The van der Waals surface area contributed by atoms with Crippen molar-refractivity contribution < 1.29 is 18.0 Å². The Kier molecular flexibility index (Phi) is 5.77. The summed E-state index contributed by atoms with van der Waals surface area (Å²) in [5.41, 5.74) is 7.01. The first-order valence-corrected chi connectivity index (χ1v) is 8.40. The number of carbonyl (C=O) groups is 1. The molecule has 0 bridgehead atoms. The fourth-order valence-corrected chi connectivity index (χ4v) is 2.59. The van der Waals surface area contributed by atoms with Crippen LogP contribution in [0.1, 0.15) is 27.9 Å². The van der Waals surface area contributed by atoms with Crippen molar-refractivity contribution in [3.05, 3.63) is 77.2 Å². The summed E-state index contributed by atoms with van der Waals surface area (Å²) in [6.45, 7) is 0. The molecule has 5 N–H and O–H groups in total. The van der Waals surface area contributed by atoms with E-state index in [-0.39, 0.29) is 22.6 Å². The largest absolute Gasteiger partial charge is 0.398 e. The molecule has 0 fully saturated rings. The van der Waals surface area contributed by atoms with Gasteiger partial charge in [0.1, 0.15) is 5.82 Å². The van der Waals surface area contributed by atoms with E-state index in [1.165, 1.54) is 30.3 Å². The highest BCUT2D eigenvalue weighted by molar-refractivity contribution is 6.07. The monoisotopic (exact) mass is 399 g/mol. The number of halogens is 3. The van der Waals surface area contributed by atoms with E-state index < -0.39 is 18.3 Å². The quantitative estimate of drug-likeness (QED) is 0.273. The van der Waals surface area contributed by atoms with Crippen molar-refractivity contribution in [2.75, 3.05) is 16.4 Å². The van der Waals surface area contributed by atoms with Gasteiger partial charge in [0.2, 0.25) is 5.95 Å². The van der Waals surface area contributed by atoms with Gasteiger partial charge in [0.05, 0.1) is 5.56 Å². The molecule has 9 heteroatoms. The highest BCUT2D eigenvalue weighted by Gasteiger charge is 2.16. The number of nitrogens with two attached hydrogens (primary N) is 1. The fourth-order valence-electron chi connectivity index (χ4n) is 2.59. The minimum Gasteiger partial charge on any atom is -0.398 e. The lowest BCUT2D eigenvalue weighted by Crippen LogP contribution is -2.15. The van der Waals surface area contributed by atoms with Crippen LogP contribution in [0.5, 0.6) is 0 Å². The van der Waals surface area contributed by atoms with Gasteiger partial charge in [-0.25, -0.2) is 13.8 Å². The number of benzene rings is 2. The summed E-state index contributed by atoms with van der Waals surface area (Å²) >= 11 is 0. The van der Waals surface area contributed by atoms with Gasteiger partial charge in [-0.1, -0.05) is 12.1 Å². The molecule has 148 valence electrons. The van der Waals surface area contributed by atoms with Crippen molar-refractivity contribution in [1.82, 2.24) is 4.98 Å². The van der Waals surface area contributed by atoms with Crippen LogP contribution < -0.4 is 16.4 Å². The van der Waals surface area contributed by atoms with Crippen molar-refractivity contribution in [3.8, 4) is 0 Å². The number of nitrogen functional groups attached to an aromatic ring is 1. The van der Waals surface area contributed by atoms with Gasteiger partial charge in [-0.3, -0.25) is 4.79 Å². The highest BCUT2D eigenvalue weighted by Crippen LogP contribution is 2.25. The minimum atomic E-state index is -2.68. The molecular formula is C20H16F3N5O. The van der Waals surface area contributed by atoms with E-state index in [0.717, 1.165) is 18.3 Å². The van der Waals surface area contributed by atoms with Crippen LogP contribution in [0.3, 0.4) is 0 Å². The number of nitrogens with zero attached hydrogens (tertiary/aromatic N) is 1. The Morgan fingerprint density at radius 3 is 2.59 bits per heavy atom. The van der Waals surface area contributed by atoms with Crippen LogP contribution in [0.2, 0.25) is 0 Å². The SMILES string of the molecule is N=Cc1ccc(Nc2nc(F)ccc2C(=O)Nc2cccc(C(F)F)c2)cc1N. The molecule has 0 atom stereocenters. The van der Waals surface area contributed by atoms with Gasteiger partial charge in [-0.15, -0.1) is 0 Å². The van der Waals surface area contributed by atoms with Crippen LogP contribution >= 0.6 is 0 Å². The van der Waals surface area contributed by atoms with Gasteiger partial charge in [-0.2, -0.15) is 4.39 Å². The van der Waals surface area contributed by atoms with Gasteiger partial charge in [0.15, 0.2) is 0 Å². The second-order valence-corrected chi connectivity index (χ2v) is 6.02. The summed E-state index contributed by atoms with van der Waals surface area (Å²) in [6.07, 6.45) is -1.59. The molecule has 0 aliphatic carbocycles. The normalized spacial score (nSPS) is 10.6. The van der Waals surface area contributed by atoms with Gasteiger partial charge in [0, 0.05) is 34.4 Å². The maximum atomic E-state index is 13.7. The first kappa shape index (κ1) is 19.9. The lowest BCUT2D eigenvalue weighted by atomic mass is 10.1. The predicted molar refractivity (Wildman–Crippen MR) is 106 cm³/mol. The van der Waals surface area contributed by atoms with Crippen LogP contribution in [0.15, 0.2) is 54.6 Å². The van der Waals surface area contributed by atoms with E-state index in [9.17, 15) is 18.0 Å². The number of alkyl halides is 2. The molecule has 0 saturated heterocycles. The minimum absolute atomic E-state index is 0.00329. The van der Waals surface area contributed by atoms with Crippen molar-refractivity contribution in [2.24, 2.45) is 0 Å². The van der Waals surface area contributed by atoms with Crippen LogP contribution in [0, 0.1) is 11.4 Å². The van der Waals surface area contributed by atoms with Gasteiger partial charge < -0.3 is 21.8 Å². The highest BCUT2D eigenvalue weighted by atomic mass is 19.3. The number of carbonyl (C=O) groups excluding carboxylic acids is 1. The van der Waals surface area contributed by atoms with Crippen LogP contribution in [0.25, 0.3) is 0 Å².